The number of rotatable bonds is 5. The lowest BCUT2D eigenvalue weighted by Gasteiger charge is -2.22. The Kier molecular flexibility index (Phi) is 4.75. The molecule has 92 valence electrons. The molecule has 0 fully saturated rings. The van der Waals surface area contributed by atoms with Crippen LogP contribution in [0.25, 0.3) is 0 Å². The zero-order valence-corrected chi connectivity index (χ0v) is 10.7. The summed E-state index contributed by atoms with van der Waals surface area (Å²) < 4.78 is 0. The topological polar surface area (TPSA) is 24.9 Å². The highest BCUT2D eigenvalue weighted by molar-refractivity contribution is 5.15. The van der Waals surface area contributed by atoms with E-state index in [1.54, 1.807) is 5.57 Å². The molecule has 1 N–H and O–H groups in total. The van der Waals surface area contributed by atoms with Crippen LogP contribution in [0.5, 0.6) is 0 Å². The van der Waals surface area contributed by atoms with Crippen LogP contribution in [-0.4, -0.2) is 18.1 Å². The molecule has 1 unspecified atom stereocenters. The zero-order chi connectivity index (χ0) is 11.9. The molecule has 0 radical (unpaired) electrons. The van der Waals surface area contributed by atoms with E-state index >= 15 is 0 Å². The summed E-state index contributed by atoms with van der Waals surface area (Å²) in [4.78, 5) is 4.17. The normalized spacial score (nSPS) is 17.6. The largest absolute Gasteiger partial charge is 0.313 e. The van der Waals surface area contributed by atoms with Crippen LogP contribution < -0.4 is 5.32 Å². The van der Waals surface area contributed by atoms with Crippen molar-refractivity contribution in [3.05, 3.63) is 41.7 Å². The van der Waals surface area contributed by atoms with E-state index in [0.29, 0.717) is 6.04 Å². The van der Waals surface area contributed by atoms with Gasteiger partial charge in [-0.25, -0.2) is 0 Å². The maximum absolute atomic E-state index is 4.17. The molecule has 0 amide bonds. The summed E-state index contributed by atoms with van der Waals surface area (Å²) >= 11 is 0. The average Bonchev–Trinajstić information content (AvgIpc) is 2.42. The minimum absolute atomic E-state index is 0.551. The van der Waals surface area contributed by atoms with Crippen LogP contribution in [0.3, 0.4) is 0 Å². The summed E-state index contributed by atoms with van der Waals surface area (Å²) in [6, 6.07) is 4.73. The zero-order valence-electron chi connectivity index (χ0n) is 10.7. The van der Waals surface area contributed by atoms with Crippen molar-refractivity contribution >= 4 is 0 Å². The summed E-state index contributed by atoms with van der Waals surface area (Å²) in [5.74, 6) is 0. The standard InChI is InChI=1S/C15H22N2/c1-16-15(14-7-3-2-4-8-14)10-9-13-6-5-11-17-12-13/h5-7,11-12,15-16H,2-4,8-10H2,1H3. The molecule has 2 rings (SSSR count). The van der Waals surface area contributed by atoms with Gasteiger partial charge in [0.2, 0.25) is 0 Å². The van der Waals surface area contributed by atoms with Gasteiger partial charge in [0.1, 0.15) is 0 Å². The third-order valence-corrected chi connectivity index (χ3v) is 3.57. The Morgan fingerprint density at radius 1 is 1.41 bits per heavy atom. The summed E-state index contributed by atoms with van der Waals surface area (Å²) in [6.07, 6.45) is 13.8. The van der Waals surface area contributed by atoms with Crippen molar-refractivity contribution in [3.63, 3.8) is 0 Å². The lowest BCUT2D eigenvalue weighted by Crippen LogP contribution is -2.28. The lowest BCUT2D eigenvalue weighted by molar-refractivity contribution is 0.540. The second-order valence-electron chi connectivity index (χ2n) is 4.77. The Morgan fingerprint density at radius 3 is 3.00 bits per heavy atom. The van der Waals surface area contributed by atoms with Crippen molar-refractivity contribution < 1.29 is 0 Å². The van der Waals surface area contributed by atoms with Gasteiger partial charge in [-0.05, 0) is 57.2 Å². The quantitative estimate of drug-likeness (QED) is 0.786. The molecule has 1 heterocycles. The Morgan fingerprint density at radius 2 is 2.35 bits per heavy atom. The number of hydrogen-bond donors (Lipinski definition) is 1. The second kappa shape index (κ2) is 6.55. The lowest BCUT2D eigenvalue weighted by atomic mass is 9.91. The summed E-state index contributed by atoms with van der Waals surface area (Å²) in [5, 5.41) is 3.45. The van der Waals surface area contributed by atoms with Crippen LogP contribution in [0.4, 0.5) is 0 Å². The highest BCUT2D eigenvalue weighted by Crippen LogP contribution is 2.22. The molecule has 1 aliphatic carbocycles. The van der Waals surface area contributed by atoms with Gasteiger partial charge in [-0.1, -0.05) is 17.7 Å². The second-order valence-corrected chi connectivity index (χ2v) is 4.77. The highest BCUT2D eigenvalue weighted by atomic mass is 14.9. The van der Waals surface area contributed by atoms with Crippen molar-refractivity contribution in [2.45, 2.75) is 44.6 Å². The number of likely N-dealkylation sites (N-methyl/N-ethyl adjacent to an activating group) is 1. The van der Waals surface area contributed by atoms with Crippen LogP contribution >= 0.6 is 0 Å². The average molecular weight is 230 g/mol. The van der Waals surface area contributed by atoms with Crippen LogP contribution in [0.1, 0.15) is 37.7 Å². The third kappa shape index (κ3) is 3.67. The monoisotopic (exact) mass is 230 g/mol. The van der Waals surface area contributed by atoms with Crippen molar-refractivity contribution in [2.24, 2.45) is 0 Å². The fourth-order valence-electron chi connectivity index (χ4n) is 2.55. The predicted molar refractivity (Wildman–Crippen MR) is 72.0 cm³/mol. The SMILES string of the molecule is CNC(CCc1cccnc1)C1=CCCCC1. The minimum Gasteiger partial charge on any atom is -0.313 e. The predicted octanol–water partition coefficient (Wildman–Crippen LogP) is 3.10. The molecule has 0 saturated carbocycles. The first-order valence-electron chi connectivity index (χ1n) is 6.65. The summed E-state index contributed by atoms with van der Waals surface area (Å²) in [7, 11) is 2.07. The van der Waals surface area contributed by atoms with Crippen LogP contribution in [-0.2, 0) is 6.42 Å². The number of aromatic nitrogens is 1. The highest BCUT2D eigenvalue weighted by Gasteiger charge is 2.14. The van der Waals surface area contributed by atoms with Gasteiger partial charge >= 0.3 is 0 Å². The molecule has 0 aliphatic heterocycles. The van der Waals surface area contributed by atoms with Gasteiger partial charge in [-0.2, -0.15) is 0 Å². The number of aryl methyl sites for hydroxylation is 1. The van der Waals surface area contributed by atoms with E-state index in [-0.39, 0.29) is 0 Å². The van der Waals surface area contributed by atoms with Gasteiger partial charge in [-0.15, -0.1) is 0 Å². The molecule has 1 atom stereocenters. The molecule has 1 aliphatic rings. The van der Waals surface area contributed by atoms with E-state index < -0.39 is 0 Å². The molecule has 0 bridgehead atoms. The van der Waals surface area contributed by atoms with Gasteiger partial charge in [0.05, 0.1) is 0 Å². The first-order chi connectivity index (χ1) is 8.40. The van der Waals surface area contributed by atoms with Gasteiger partial charge in [-0.3, -0.25) is 4.98 Å². The number of allylic oxidation sites excluding steroid dienone is 1. The van der Waals surface area contributed by atoms with E-state index in [4.69, 9.17) is 0 Å². The number of hydrogen-bond acceptors (Lipinski definition) is 2. The molecule has 0 aromatic carbocycles. The Bertz CT molecular complexity index is 356. The van der Waals surface area contributed by atoms with Gasteiger partial charge in [0.25, 0.3) is 0 Å². The summed E-state index contributed by atoms with van der Waals surface area (Å²) in [6.45, 7) is 0. The molecule has 17 heavy (non-hydrogen) atoms. The van der Waals surface area contributed by atoms with Crippen molar-refractivity contribution in [3.8, 4) is 0 Å². The number of nitrogens with one attached hydrogen (secondary N) is 1. The maximum atomic E-state index is 4.17. The van der Waals surface area contributed by atoms with Crippen molar-refractivity contribution in [2.75, 3.05) is 7.05 Å². The van der Waals surface area contributed by atoms with Crippen molar-refractivity contribution in [1.29, 1.82) is 0 Å². The van der Waals surface area contributed by atoms with Crippen LogP contribution in [0.2, 0.25) is 0 Å². The summed E-state index contributed by atoms with van der Waals surface area (Å²) in [5.41, 5.74) is 2.95. The van der Waals surface area contributed by atoms with Crippen LogP contribution in [0, 0.1) is 0 Å². The van der Waals surface area contributed by atoms with Crippen LogP contribution in [0.15, 0.2) is 36.2 Å². The molecule has 0 saturated heterocycles. The molecular weight excluding hydrogens is 208 g/mol. The fraction of sp³-hybridized carbons (Fsp3) is 0.533. The van der Waals surface area contributed by atoms with E-state index in [0.717, 1.165) is 6.42 Å². The molecule has 1 aromatic heterocycles. The minimum atomic E-state index is 0.551. The van der Waals surface area contributed by atoms with E-state index in [1.807, 2.05) is 18.5 Å². The number of nitrogens with zero attached hydrogens (tertiary/aromatic N) is 1. The first kappa shape index (κ1) is 12.3. The van der Waals surface area contributed by atoms with Gasteiger partial charge < -0.3 is 5.32 Å². The van der Waals surface area contributed by atoms with E-state index in [9.17, 15) is 0 Å². The van der Waals surface area contributed by atoms with E-state index in [1.165, 1.54) is 37.7 Å². The smallest absolute Gasteiger partial charge is 0.0299 e. The Balaban J connectivity index is 1.89. The molecule has 1 aromatic rings. The Labute approximate surface area is 104 Å². The third-order valence-electron chi connectivity index (χ3n) is 3.57. The number of pyridine rings is 1. The fourth-order valence-corrected chi connectivity index (χ4v) is 2.55. The molecule has 2 nitrogen and oxygen atoms in total. The van der Waals surface area contributed by atoms with Gasteiger partial charge in [0, 0.05) is 18.4 Å². The Hall–Kier alpha value is -1.15. The molecular formula is C15H22N2. The molecule has 2 heteroatoms. The molecule has 0 spiro atoms. The van der Waals surface area contributed by atoms with E-state index in [2.05, 4.69) is 29.5 Å². The van der Waals surface area contributed by atoms with Crippen molar-refractivity contribution in [1.82, 2.24) is 10.3 Å². The first-order valence-corrected chi connectivity index (χ1v) is 6.65. The van der Waals surface area contributed by atoms with Gasteiger partial charge in [0.15, 0.2) is 0 Å². The maximum Gasteiger partial charge on any atom is 0.0299 e.